The number of amides is 2. The largest absolute Gasteiger partial charge is 0.384 e. The number of rotatable bonds is 10. The predicted octanol–water partition coefficient (Wildman–Crippen LogP) is 0.431. The second kappa shape index (κ2) is 10.6. The number of hydrogen-bond acceptors (Lipinski definition) is 5. The average Bonchev–Trinajstić information content (AvgIpc) is 2.72. The first-order valence-corrected chi connectivity index (χ1v) is 8.91. The Bertz CT molecular complexity index is 805. The summed E-state index contributed by atoms with van der Waals surface area (Å²) in [5, 5.41) is 20.1. The number of carbonyl (C=O) groups is 2. The van der Waals surface area contributed by atoms with E-state index >= 15 is 0 Å². The van der Waals surface area contributed by atoms with Gasteiger partial charge in [0.2, 0.25) is 0 Å². The third-order valence-corrected chi connectivity index (χ3v) is 3.98. The average molecular weight is 396 g/mol. The van der Waals surface area contributed by atoms with E-state index in [9.17, 15) is 9.59 Å². The molecule has 0 spiro atoms. The van der Waals surface area contributed by atoms with E-state index < -0.39 is 0 Å². The van der Waals surface area contributed by atoms with E-state index in [0.717, 1.165) is 0 Å². The summed E-state index contributed by atoms with van der Waals surface area (Å²) in [4.78, 5) is 24.0. The zero-order chi connectivity index (χ0) is 21.2. The lowest BCUT2D eigenvalue weighted by Gasteiger charge is -2.08. The van der Waals surface area contributed by atoms with Crippen LogP contribution in [0.5, 0.6) is 0 Å². The van der Waals surface area contributed by atoms with E-state index in [1.54, 1.807) is 48.5 Å². The lowest BCUT2D eigenvalue weighted by Crippen LogP contribution is -2.30. The highest BCUT2D eigenvalue weighted by Gasteiger charge is 2.07. The van der Waals surface area contributed by atoms with E-state index in [4.69, 9.17) is 27.0 Å². The standard InChI is InChI=1S/C20H24N6O3/c21-17(22)13-1-5-15(6-2-13)19(27)25-9-11-29-12-10-26-20(28)16-7-3-14(4-8-16)18(23)24/h1-8H,9-12H2,(H3,21,22)(H3,23,24)(H,25,27)(H,26,28). The van der Waals surface area contributed by atoms with Gasteiger partial charge in [-0.05, 0) is 24.3 Å². The van der Waals surface area contributed by atoms with Crippen LogP contribution >= 0.6 is 0 Å². The van der Waals surface area contributed by atoms with Gasteiger partial charge in [0.15, 0.2) is 0 Å². The number of ether oxygens (including phenoxy) is 1. The van der Waals surface area contributed by atoms with Crippen LogP contribution in [0.1, 0.15) is 31.8 Å². The van der Waals surface area contributed by atoms with Gasteiger partial charge in [0.25, 0.3) is 11.8 Å². The molecule has 0 atom stereocenters. The quantitative estimate of drug-likeness (QED) is 0.194. The van der Waals surface area contributed by atoms with E-state index in [1.165, 1.54) is 0 Å². The molecule has 0 aromatic heterocycles. The van der Waals surface area contributed by atoms with Crippen molar-refractivity contribution in [1.82, 2.24) is 10.6 Å². The fraction of sp³-hybridized carbons (Fsp3) is 0.200. The first-order valence-electron chi connectivity index (χ1n) is 8.91. The summed E-state index contributed by atoms with van der Waals surface area (Å²) < 4.78 is 5.39. The van der Waals surface area contributed by atoms with E-state index in [1.807, 2.05) is 0 Å². The Kier molecular flexibility index (Phi) is 7.87. The highest BCUT2D eigenvalue weighted by Crippen LogP contribution is 2.04. The van der Waals surface area contributed by atoms with Gasteiger partial charge in [-0.2, -0.15) is 0 Å². The Labute approximate surface area is 168 Å². The van der Waals surface area contributed by atoms with Gasteiger partial charge in [0, 0.05) is 35.3 Å². The van der Waals surface area contributed by atoms with Crippen LogP contribution in [0.4, 0.5) is 0 Å². The number of nitrogens with one attached hydrogen (secondary N) is 4. The van der Waals surface area contributed by atoms with Gasteiger partial charge in [-0.25, -0.2) is 0 Å². The molecule has 0 aliphatic heterocycles. The number of carbonyl (C=O) groups excluding carboxylic acids is 2. The zero-order valence-corrected chi connectivity index (χ0v) is 15.8. The monoisotopic (exact) mass is 396 g/mol. The maximum Gasteiger partial charge on any atom is 0.251 e. The number of nitrogen functional groups attached to an aromatic ring is 2. The minimum atomic E-state index is -0.244. The van der Waals surface area contributed by atoms with Crippen molar-refractivity contribution in [2.45, 2.75) is 0 Å². The number of amidine groups is 2. The number of benzene rings is 2. The summed E-state index contributed by atoms with van der Waals surface area (Å²) in [5.41, 5.74) is 12.8. The zero-order valence-electron chi connectivity index (χ0n) is 15.8. The fourth-order valence-electron chi connectivity index (χ4n) is 2.38. The Morgan fingerprint density at radius 3 is 1.31 bits per heavy atom. The van der Waals surface area contributed by atoms with E-state index in [2.05, 4.69) is 10.6 Å². The smallest absolute Gasteiger partial charge is 0.251 e. The van der Waals surface area contributed by atoms with Crippen molar-refractivity contribution in [2.75, 3.05) is 26.3 Å². The van der Waals surface area contributed by atoms with Crippen molar-refractivity contribution in [1.29, 1.82) is 10.8 Å². The van der Waals surface area contributed by atoms with Gasteiger partial charge in [0.05, 0.1) is 13.2 Å². The predicted molar refractivity (Wildman–Crippen MR) is 110 cm³/mol. The molecular weight excluding hydrogens is 372 g/mol. The van der Waals surface area contributed by atoms with Gasteiger partial charge >= 0.3 is 0 Å². The van der Waals surface area contributed by atoms with Crippen LogP contribution in [0.2, 0.25) is 0 Å². The van der Waals surface area contributed by atoms with Crippen LogP contribution in [0.15, 0.2) is 48.5 Å². The molecule has 9 heteroatoms. The molecule has 2 aromatic carbocycles. The van der Waals surface area contributed by atoms with Crippen LogP contribution in [0.3, 0.4) is 0 Å². The minimum Gasteiger partial charge on any atom is -0.384 e. The minimum absolute atomic E-state index is 0.0504. The SMILES string of the molecule is N=C(N)c1ccc(C(=O)NCCOCCNC(=O)c2ccc(C(=N)N)cc2)cc1. The van der Waals surface area contributed by atoms with Gasteiger partial charge in [-0.15, -0.1) is 0 Å². The van der Waals surface area contributed by atoms with Crippen molar-refractivity contribution in [3.63, 3.8) is 0 Å². The highest BCUT2D eigenvalue weighted by atomic mass is 16.5. The van der Waals surface area contributed by atoms with Gasteiger partial charge in [-0.1, -0.05) is 24.3 Å². The van der Waals surface area contributed by atoms with Crippen molar-refractivity contribution < 1.29 is 14.3 Å². The third-order valence-electron chi connectivity index (χ3n) is 3.98. The second-order valence-electron chi connectivity index (χ2n) is 6.11. The summed E-state index contributed by atoms with van der Waals surface area (Å²) in [6, 6.07) is 12.9. The molecule has 152 valence electrons. The lowest BCUT2D eigenvalue weighted by molar-refractivity contribution is 0.0893. The summed E-state index contributed by atoms with van der Waals surface area (Å²) in [5.74, 6) is -0.590. The van der Waals surface area contributed by atoms with Crippen LogP contribution in [0, 0.1) is 10.8 Å². The molecule has 0 radical (unpaired) electrons. The summed E-state index contributed by atoms with van der Waals surface area (Å²) in [6.45, 7) is 1.27. The maximum atomic E-state index is 12.0. The van der Waals surface area contributed by atoms with Crippen LogP contribution in [-0.2, 0) is 4.74 Å². The highest BCUT2D eigenvalue weighted by molar-refractivity contribution is 5.98. The molecule has 0 aliphatic rings. The molecular formula is C20H24N6O3. The molecule has 2 rings (SSSR count). The van der Waals surface area contributed by atoms with E-state index in [-0.39, 0.29) is 23.5 Å². The molecule has 2 aromatic rings. The summed E-state index contributed by atoms with van der Waals surface area (Å²) >= 11 is 0. The van der Waals surface area contributed by atoms with Crippen molar-refractivity contribution in [2.24, 2.45) is 11.5 Å². The van der Waals surface area contributed by atoms with Gasteiger partial charge < -0.3 is 26.8 Å². The van der Waals surface area contributed by atoms with Crippen molar-refractivity contribution in [3.8, 4) is 0 Å². The number of nitrogens with two attached hydrogens (primary N) is 2. The fourth-order valence-corrected chi connectivity index (χ4v) is 2.38. The first-order chi connectivity index (χ1) is 13.9. The Morgan fingerprint density at radius 1 is 0.690 bits per heavy atom. The number of hydrogen-bond donors (Lipinski definition) is 6. The molecule has 0 bridgehead atoms. The van der Waals surface area contributed by atoms with Gasteiger partial charge in [0.1, 0.15) is 11.7 Å². The Morgan fingerprint density at radius 2 is 1.00 bits per heavy atom. The molecule has 0 saturated heterocycles. The van der Waals surface area contributed by atoms with Gasteiger partial charge in [-0.3, -0.25) is 20.4 Å². The second-order valence-corrected chi connectivity index (χ2v) is 6.11. The molecule has 0 heterocycles. The van der Waals surface area contributed by atoms with Crippen LogP contribution in [0.25, 0.3) is 0 Å². The molecule has 9 nitrogen and oxygen atoms in total. The molecule has 0 saturated carbocycles. The van der Waals surface area contributed by atoms with Crippen molar-refractivity contribution in [3.05, 3.63) is 70.8 Å². The summed E-state index contributed by atoms with van der Waals surface area (Å²) in [6.07, 6.45) is 0. The molecule has 0 aliphatic carbocycles. The molecule has 0 unspecified atom stereocenters. The van der Waals surface area contributed by atoms with Crippen LogP contribution in [-0.4, -0.2) is 49.8 Å². The first kappa shape index (κ1) is 21.6. The third kappa shape index (κ3) is 6.74. The normalized spacial score (nSPS) is 10.2. The lowest BCUT2D eigenvalue weighted by atomic mass is 10.1. The Balaban J connectivity index is 1.60. The Hall–Kier alpha value is -3.72. The molecule has 0 fully saturated rings. The van der Waals surface area contributed by atoms with E-state index in [0.29, 0.717) is 48.6 Å². The topological polar surface area (TPSA) is 167 Å². The summed E-state index contributed by atoms with van der Waals surface area (Å²) in [7, 11) is 0. The maximum absolute atomic E-state index is 12.0. The molecule has 2 amide bonds. The molecule has 29 heavy (non-hydrogen) atoms. The molecule has 8 N–H and O–H groups in total. The van der Waals surface area contributed by atoms with Crippen molar-refractivity contribution >= 4 is 23.5 Å². The van der Waals surface area contributed by atoms with Crippen LogP contribution < -0.4 is 22.1 Å².